The zero-order chi connectivity index (χ0) is 12.2. The van der Waals surface area contributed by atoms with Gasteiger partial charge in [0, 0.05) is 17.1 Å². The molecule has 0 aliphatic heterocycles. The fraction of sp³-hybridized carbons (Fsp3) is 0.400. The molecular formula is C10H12ClFO3S. The van der Waals surface area contributed by atoms with Gasteiger partial charge in [0.2, 0.25) is 0 Å². The van der Waals surface area contributed by atoms with Crippen LogP contribution in [-0.2, 0) is 9.05 Å². The minimum Gasteiger partial charge on any atom is -0.493 e. The summed E-state index contributed by atoms with van der Waals surface area (Å²) in [5.74, 6) is 0.509. The molecule has 0 radical (unpaired) electrons. The van der Waals surface area contributed by atoms with Crippen molar-refractivity contribution >= 4 is 19.7 Å². The highest BCUT2D eigenvalue weighted by atomic mass is 35.7. The van der Waals surface area contributed by atoms with Crippen LogP contribution in [0.1, 0.15) is 12.0 Å². The first-order chi connectivity index (χ1) is 7.45. The predicted octanol–water partition coefficient (Wildman–Crippen LogP) is 2.66. The number of rotatable bonds is 5. The van der Waals surface area contributed by atoms with Crippen LogP contribution >= 0.6 is 10.7 Å². The van der Waals surface area contributed by atoms with Crippen molar-refractivity contribution < 1.29 is 17.5 Å². The van der Waals surface area contributed by atoms with Crippen LogP contribution in [0.5, 0.6) is 5.75 Å². The molecule has 0 spiro atoms. The Morgan fingerprint density at radius 3 is 2.62 bits per heavy atom. The van der Waals surface area contributed by atoms with Crippen molar-refractivity contribution in [2.24, 2.45) is 0 Å². The molecule has 0 fully saturated rings. The second-order valence-electron chi connectivity index (χ2n) is 3.26. The summed E-state index contributed by atoms with van der Waals surface area (Å²) in [7, 11) is 1.51. The number of alkyl halides is 1. The molecule has 0 unspecified atom stereocenters. The third-order valence-corrected chi connectivity index (χ3v) is 3.44. The summed E-state index contributed by atoms with van der Waals surface area (Å²) in [5.41, 5.74) is 0.507. The van der Waals surface area contributed by atoms with Crippen LogP contribution in [0.2, 0.25) is 0 Å². The van der Waals surface area contributed by atoms with E-state index in [1.54, 1.807) is 13.0 Å². The average Bonchev–Trinajstić information content (AvgIpc) is 2.16. The number of ether oxygens (including phenoxy) is 1. The van der Waals surface area contributed by atoms with E-state index in [2.05, 4.69) is 0 Å². The Balaban J connectivity index is 2.83. The molecule has 0 heterocycles. The second kappa shape index (κ2) is 5.50. The van der Waals surface area contributed by atoms with Crippen LogP contribution in [0.3, 0.4) is 0 Å². The lowest BCUT2D eigenvalue weighted by Crippen LogP contribution is -2.00. The summed E-state index contributed by atoms with van der Waals surface area (Å²) in [4.78, 5) is 0.0620. The molecule has 90 valence electrons. The third-order valence-electron chi connectivity index (χ3n) is 1.96. The molecule has 0 N–H and O–H groups in total. The maximum Gasteiger partial charge on any atom is 0.261 e. The standard InChI is InChI=1S/C10H12ClFO3S/c1-8-7-9(15-6-2-5-12)3-4-10(8)16(11,13)14/h3-4,7H,2,5-6H2,1H3. The lowest BCUT2D eigenvalue weighted by atomic mass is 10.2. The Kier molecular flexibility index (Phi) is 4.56. The van der Waals surface area contributed by atoms with Gasteiger partial charge in [-0.2, -0.15) is 0 Å². The van der Waals surface area contributed by atoms with Gasteiger partial charge in [0.1, 0.15) is 5.75 Å². The van der Waals surface area contributed by atoms with E-state index in [0.717, 1.165) is 0 Å². The molecule has 0 saturated carbocycles. The molecular weight excluding hydrogens is 255 g/mol. The van der Waals surface area contributed by atoms with E-state index >= 15 is 0 Å². The Labute approximate surface area is 98.6 Å². The van der Waals surface area contributed by atoms with Gasteiger partial charge in [-0.1, -0.05) is 0 Å². The fourth-order valence-electron chi connectivity index (χ4n) is 1.23. The predicted molar refractivity (Wildman–Crippen MR) is 60.3 cm³/mol. The molecule has 6 heteroatoms. The molecule has 0 aliphatic rings. The first kappa shape index (κ1) is 13.3. The smallest absolute Gasteiger partial charge is 0.261 e. The van der Waals surface area contributed by atoms with E-state index in [9.17, 15) is 12.8 Å². The van der Waals surface area contributed by atoms with E-state index in [1.807, 2.05) is 0 Å². The summed E-state index contributed by atoms with van der Waals surface area (Å²) in [6.45, 7) is 1.45. The number of aryl methyl sites for hydroxylation is 1. The highest BCUT2D eigenvalue weighted by molar-refractivity contribution is 8.13. The van der Waals surface area contributed by atoms with E-state index in [0.29, 0.717) is 17.7 Å². The van der Waals surface area contributed by atoms with Gasteiger partial charge in [-0.25, -0.2) is 8.42 Å². The summed E-state index contributed by atoms with van der Waals surface area (Å²) < 4.78 is 39.2. The van der Waals surface area contributed by atoms with Gasteiger partial charge in [0.15, 0.2) is 0 Å². The topological polar surface area (TPSA) is 43.4 Å². The van der Waals surface area contributed by atoms with Gasteiger partial charge < -0.3 is 4.74 Å². The average molecular weight is 267 g/mol. The molecule has 0 aliphatic carbocycles. The van der Waals surface area contributed by atoms with Gasteiger partial charge in [-0.3, -0.25) is 4.39 Å². The SMILES string of the molecule is Cc1cc(OCCCF)ccc1S(=O)(=O)Cl. The largest absolute Gasteiger partial charge is 0.493 e. The van der Waals surface area contributed by atoms with Crippen molar-refractivity contribution in [3.8, 4) is 5.75 Å². The van der Waals surface area contributed by atoms with E-state index in [1.165, 1.54) is 12.1 Å². The number of halogens is 2. The van der Waals surface area contributed by atoms with Crippen LogP contribution in [0.4, 0.5) is 4.39 Å². The quantitative estimate of drug-likeness (QED) is 0.608. The molecule has 16 heavy (non-hydrogen) atoms. The van der Waals surface area contributed by atoms with Crippen molar-refractivity contribution in [1.29, 1.82) is 0 Å². The molecule has 0 aromatic heterocycles. The molecule has 0 amide bonds. The minimum atomic E-state index is -3.72. The number of hydrogen-bond donors (Lipinski definition) is 0. The normalized spacial score (nSPS) is 11.4. The van der Waals surface area contributed by atoms with E-state index < -0.39 is 15.7 Å². The van der Waals surface area contributed by atoms with Gasteiger partial charge in [-0.05, 0) is 30.7 Å². The lowest BCUT2D eigenvalue weighted by Gasteiger charge is -2.07. The third kappa shape index (κ3) is 3.64. The molecule has 0 saturated heterocycles. The molecule has 1 aromatic carbocycles. The highest BCUT2D eigenvalue weighted by Crippen LogP contribution is 2.23. The highest BCUT2D eigenvalue weighted by Gasteiger charge is 2.13. The summed E-state index contributed by atoms with van der Waals surface area (Å²) in [5, 5.41) is 0. The minimum absolute atomic E-state index is 0.0620. The van der Waals surface area contributed by atoms with Crippen LogP contribution in [0.25, 0.3) is 0 Å². The summed E-state index contributed by atoms with van der Waals surface area (Å²) >= 11 is 0. The first-order valence-corrected chi connectivity index (χ1v) is 7.00. The Bertz CT molecular complexity index is 459. The molecule has 0 bridgehead atoms. The number of hydrogen-bond acceptors (Lipinski definition) is 3. The molecule has 3 nitrogen and oxygen atoms in total. The lowest BCUT2D eigenvalue weighted by molar-refractivity contribution is 0.289. The Morgan fingerprint density at radius 1 is 1.44 bits per heavy atom. The van der Waals surface area contributed by atoms with Crippen LogP contribution in [0, 0.1) is 6.92 Å². The fourth-order valence-corrected chi connectivity index (χ4v) is 2.42. The Morgan fingerprint density at radius 2 is 2.12 bits per heavy atom. The van der Waals surface area contributed by atoms with Gasteiger partial charge >= 0.3 is 0 Å². The molecule has 0 atom stereocenters. The zero-order valence-electron chi connectivity index (χ0n) is 8.74. The maximum atomic E-state index is 11.8. The summed E-state index contributed by atoms with van der Waals surface area (Å²) in [6.07, 6.45) is 0.314. The van der Waals surface area contributed by atoms with Crippen molar-refractivity contribution in [3.05, 3.63) is 23.8 Å². The van der Waals surface area contributed by atoms with Gasteiger partial charge in [0.25, 0.3) is 9.05 Å². The molecule has 1 aromatic rings. The molecule has 1 rings (SSSR count). The van der Waals surface area contributed by atoms with Crippen molar-refractivity contribution in [2.75, 3.05) is 13.3 Å². The van der Waals surface area contributed by atoms with Gasteiger partial charge in [-0.15, -0.1) is 0 Å². The van der Waals surface area contributed by atoms with Gasteiger partial charge in [0.05, 0.1) is 18.2 Å². The van der Waals surface area contributed by atoms with E-state index in [4.69, 9.17) is 15.4 Å². The monoisotopic (exact) mass is 266 g/mol. The Hall–Kier alpha value is -0.810. The van der Waals surface area contributed by atoms with Crippen molar-refractivity contribution in [3.63, 3.8) is 0 Å². The van der Waals surface area contributed by atoms with Crippen LogP contribution < -0.4 is 4.74 Å². The van der Waals surface area contributed by atoms with Crippen molar-refractivity contribution in [2.45, 2.75) is 18.2 Å². The zero-order valence-corrected chi connectivity index (χ0v) is 10.3. The maximum absolute atomic E-state index is 11.8. The van der Waals surface area contributed by atoms with Crippen LogP contribution in [0.15, 0.2) is 23.1 Å². The van der Waals surface area contributed by atoms with Crippen molar-refractivity contribution in [1.82, 2.24) is 0 Å². The van der Waals surface area contributed by atoms with E-state index in [-0.39, 0.29) is 11.5 Å². The second-order valence-corrected chi connectivity index (χ2v) is 5.79. The number of benzene rings is 1. The summed E-state index contributed by atoms with van der Waals surface area (Å²) in [6, 6.07) is 4.44. The first-order valence-electron chi connectivity index (χ1n) is 4.69. The van der Waals surface area contributed by atoms with Crippen LogP contribution in [-0.4, -0.2) is 21.7 Å².